The van der Waals surface area contributed by atoms with Crippen molar-refractivity contribution >= 4 is 33.2 Å². The van der Waals surface area contributed by atoms with Crippen LogP contribution >= 0.6 is 11.6 Å². The monoisotopic (exact) mass is 386 g/mol. The number of hydrogen-bond acceptors (Lipinski definition) is 3. The minimum atomic E-state index is -3.64. The Bertz CT molecular complexity index is 713. The first-order valence-corrected chi connectivity index (χ1v) is 11.0. The molecule has 0 aliphatic heterocycles. The molecule has 0 saturated heterocycles. The number of rotatable bonds is 5. The predicted molar refractivity (Wildman–Crippen MR) is 103 cm³/mol. The van der Waals surface area contributed by atoms with Gasteiger partial charge in [-0.15, -0.1) is 0 Å². The Morgan fingerprint density at radius 2 is 1.84 bits per heavy atom. The van der Waals surface area contributed by atoms with Crippen molar-refractivity contribution in [1.29, 1.82) is 0 Å². The van der Waals surface area contributed by atoms with E-state index in [4.69, 9.17) is 11.6 Å². The van der Waals surface area contributed by atoms with Crippen LogP contribution in [0.1, 0.15) is 51.0 Å². The number of amides is 1. The van der Waals surface area contributed by atoms with Gasteiger partial charge < -0.3 is 5.32 Å². The minimum absolute atomic E-state index is 0.124. The van der Waals surface area contributed by atoms with Crippen molar-refractivity contribution in [3.8, 4) is 0 Å². The lowest BCUT2D eigenvalue weighted by Crippen LogP contribution is -2.50. The van der Waals surface area contributed by atoms with E-state index in [9.17, 15) is 13.2 Å². The number of nitrogens with one attached hydrogen (secondary N) is 1. The summed E-state index contributed by atoms with van der Waals surface area (Å²) in [4.78, 5) is 12.7. The Hall–Kier alpha value is -1.27. The molecule has 0 bridgehead atoms. The molecule has 0 aromatic heterocycles. The maximum absolute atomic E-state index is 12.7. The zero-order valence-corrected chi connectivity index (χ0v) is 16.7. The number of hydrogen-bond donors (Lipinski definition) is 1. The molecular formula is C18H27ClN2O3S. The molecule has 1 aromatic rings. The molecule has 0 unspecified atom stereocenters. The summed E-state index contributed by atoms with van der Waals surface area (Å²) in [7, 11) is -3.64. The summed E-state index contributed by atoms with van der Waals surface area (Å²) in [6.07, 6.45) is 7.60. The van der Waals surface area contributed by atoms with Gasteiger partial charge >= 0.3 is 0 Å². The van der Waals surface area contributed by atoms with Gasteiger partial charge in [0, 0.05) is 11.1 Å². The molecule has 0 heterocycles. The van der Waals surface area contributed by atoms with E-state index in [2.05, 4.69) is 5.32 Å². The third-order valence-corrected chi connectivity index (χ3v) is 6.16. The molecule has 1 fully saturated rings. The van der Waals surface area contributed by atoms with Crippen molar-refractivity contribution < 1.29 is 13.2 Å². The first kappa shape index (κ1) is 20.0. The van der Waals surface area contributed by atoms with Crippen molar-refractivity contribution in [3.63, 3.8) is 0 Å². The van der Waals surface area contributed by atoms with Gasteiger partial charge in [0.2, 0.25) is 15.9 Å². The van der Waals surface area contributed by atoms with Gasteiger partial charge in [-0.2, -0.15) is 0 Å². The fraction of sp³-hybridized carbons (Fsp3) is 0.611. The van der Waals surface area contributed by atoms with Gasteiger partial charge in [0.25, 0.3) is 0 Å². The maximum atomic E-state index is 12.7. The van der Waals surface area contributed by atoms with Gasteiger partial charge in [0.1, 0.15) is 6.04 Å². The van der Waals surface area contributed by atoms with Crippen LogP contribution in [-0.4, -0.2) is 32.7 Å². The molecule has 140 valence electrons. The second kappa shape index (κ2) is 8.41. The van der Waals surface area contributed by atoms with E-state index < -0.39 is 16.1 Å². The molecule has 1 aliphatic carbocycles. The molecular weight excluding hydrogens is 360 g/mol. The second-order valence-electron chi connectivity index (χ2n) is 6.86. The van der Waals surface area contributed by atoms with Crippen LogP contribution in [0.3, 0.4) is 0 Å². The molecule has 1 amide bonds. The van der Waals surface area contributed by atoms with E-state index in [0.29, 0.717) is 10.7 Å². The zero-order valence-electron chi connectivity index (χ0n) is 15.1. The standard InChI is InChI=1S/C18H27ClN2O3S/c1-13-10-11-15(19)12-17(13)21(25(3,23)24)14(2)18(22)20-16-8-6-4-5-7-9-16/h10-12,14,16H,4-9H2,1-3H3,(H,20,22)/t14-/m1/s1. The number of carbonyl (C=O) groups is 1. The Morgan fingerprint density at radius 1 is 1.24 bits per heavy atom. The van der Waals surface area contributed by atoms with Crippen LogP contribution in [0.2, 0.25) is 5.02 Å². The van der Waals surface area contributed by atoms with Gasteiger partial charge in [0.05, 0.1) is 11.9 Å². The number of nitrogens with zero attached hydrogens (tertiary/aromatic N) is 1. The molecule has 0 radical (unpaired) electrons. The maximum Gasteiger partial charge on any atom is 0.243 e. The van der Waals surface area contributed by atoms with Crippen LogP contribution in [0.5, 0.6) is 0 Å². The van der Waals surface area contributed by atoms with E-state index in [0.717, 1.165) is 37.5 Å². The molecule has 1 atom stereocenters. The van der Waals surface area contributed by atoms with Crippen LogP contribution in [0, 0.1) is 6.92 Å². The molecule has 2 rings (SSSR count). The van der Waals surface area contributed by atoms with E-state index >= 15 is 0 Å². The Balaban J connectivity index is 2.25. The SMILES string of the molecule is Cc1ccc(Cl)cc1N([C@H](C)C(=O)NC1CCCCCC1)S(C)(=O)=O. The number of halogens is 1. The zero-order chi connectivity index (χ0) is 18.6. The summed E-state index contributed by atoms with van der Waals surface area (Å²) in [5.74, 6) is -0.267. The summed E-state index contributed by atoms with van der Waals surface area (Å²) in [6, 6.07) is 4.34. The van der Waals surface area contributed by atoms with Gasteiger partial charge in [0.15, 0.2) is 0 Å². The highest BCUT2D eigenvalue weighted by Crippen LogP contribution is 2.28. The third kappa shape index (κ3) is 5.35. The fourth-order valence-corrected chi connectivity index (χ4v) is 4.74. The van der Waals surface area contributed by atoms with Crippen LogP contribution in [0.25, 0.3) is 0 Å². The highest BCUT2D eigenvalue weighted by molar-refractivity contribution is 7.92. The molecule has 1 aromatic carbocycles. The van der Waals surface area contributed by atoms with Gasteiger partial charge in [-0.05, 0) is 44.4 Å². The summed E-state index contributed by atoms with van der Waals surface area (Å²) >= 11 is 6.05. The average Bonchev–Trinajstić information content (AvgIpc) is 2.78. The number of benzene rings is 1. The van der Waals surface area contributed by atoms with Gasteiger partial charge in [-0.25, -0.2) is 8.42 Å². The van der Waals surface area contributed by atoms with E-state index in [-0.39, 0.29) is 11.9 Å². The quantitative estimate of drug-likeness (QED) is 0.785. The largest absolute Gasteiger partial charge is 0.352 e. The van der Waals surface area contributed by atoms with E-state index in [1.807, 2.05) is 0 Å². The number of sulfonamides is 1. The third-order valence-electron chi connectivity index (χ3n) is 4.70. The highest BCUT2D eigenvalue weighted by atomic mass is 35.5. The lowest BCUT2D eigenvalue weighted by Gasteiger charge is -2.30. The molecule has 7 heteroatoms. The molecule has 1 saturated carbocycles. The number of anilines is 1. The van der Waals surface area contributed by atoms with Crippen molar-refractivity contribution in [1.82, 2.24) is 5.32 Å². The molecule has 0 spiro atoms. The average molecular weight is 387 g/mol. The molecule has 1 N–H and O–H groups in total. The highest BCUT2D eigenvalue weighted by Gasteiger charge is 2.31. The Labute approximate surface area is 155 Å². The fourth-order valence-electron chi connectivity index (χ4n) is 3.35. The smallest absolute Gasteiger partial charge is 0.243 e. The summed E-state index contributed by atoms with van der Waals surface area (Å²) in [6.45, 7) is 3.42. The number of aryl methyl sites for hydroxylation is 1. The van der Waals surface area contributed by atoms with Crippen molar-refractivity contribution in [3.05, 3.63) is 28.8 Å². The van der Waals surface area contributed by atoms with Crippen LogP contribution in [-0.2, 0) is 14.8 Å². The van der Waals surface area contributed by atoms with E-state index in [1.165, 1.54) is 17.1 Å². The molecule has 25 heavy (non-hydrogen) atoms. The van der Waals surface area contributed by atoms with E-state index in [1.54, 1.807) is 32.0 Å². The van der Waals surface area contributed by atoms with Crippen LogP contribution < -0.4 is 9.62 Å². The van der Waals surface area contributed by atoms with Crippen molar-refractivity contribution in [2.75, 3.05) is 10.6 Å². The topological polar surface area (TPSA) is 66.5 Å². The van der Waals surface area contributed by atoms with Crippen LogP contribution in [0.4, 0.5) is 5.69 Å². The minimum Gasteiger partial charge on any atom is -0.352 e. The summed E-state index contributed by atoms with van der Waals surface area (Å²) in [5, 5.41) is 3.47. The van der Waals surface area contributed by atoms with Crippen LogP contribution in [0.15, 0.2) is 18.2 Å². The van der Waals surface area contributed by atoms with Gasteiger partial charge in [-0.1, -0.05) is 43.4 Å². The number of carbonyl (C=O) groups excluding carboxylic acids is 1. The second-order valence-corrected chi connectivity index (χ2v) is 9.16. The van der Waals surface area contributed by atoms with Crippen molar-refractivity contribution in [2.24, 2.45) is 0 Å². The first-order valence-electron chi connectivity index (χ1n) is 8.76. The van der Waals surface area contributed by atoms with Gasteiger partial charge in [-0.3, -0.25) is 9.10 Å². The molecule has 5 nitrogen and oxygen atoms in total. The predicted octanol–water partition coefficient (Wildman–Crippen LogP) is 3.64. The lowest BCUT2D eigenvalue weighted by molar-refractivity contribution is -0.122. The Kier molecular flexibility index (Phi) is 6.74. The Morgan fingerprint density at radius 3 is 2.40 bits per heavy atom. The normalized spacial score (nSPS) is 17.6. The first-order chi connectivity index (χ1) is 11.7. The molecule has 1 aliphatic rings. The lowest BCUT2D eigenvalue weighted by atomic mass is 10.1. The summed E-state index contributed by atoms with van der Waals surface area (Å²) in [5.41, 5.74) is 1.20. The van der Waals surface area contributed by atoms with Crippen molar-refractivity contribution in [2.45, 2.75) is 64.5 Å². The summed E-state index contributed by atoms with van der Waals surface area (Å²) < 4.78 is 25.9.